The number of ether oxygens (including phenoxy) is 2. The summed E-state index contributed by atoms with van der Waals surface area (Å²) >= 11 is 3.19. The molecule has 0 bridgehead atoms. The lowest BCUT2D eigenvalue weighted by Gasteiger charge is -1.99. The maximum atomic E-state index is 11.6. The maximum Gasteiger partial charge on any atom is 0.346 e. The molecule has 0 aliphatic carbocycles. The van der Waals surface area contributed by atoms with Gasteiger partial charge >= 0.3 is 23.9 Å². The largest absolute Gasteiger partial charge is 0.386 e. The van der Waals surface area contributed by atoms with Crippen LogP contribution in [0, 0.1) is 24.2 Å². The van der Waals surface area contributed by atoms with E-state index in [2.05, 4.69) is 55.3 Å². The van der Waals surface area contributed by atoms with Crippen molar-refractivity contribution in [2.75, 3.05) is 0 Å². The zero-order valence-electron chi connectivity index (χ0n) is 24.5. The SMILES string of the molecule is C#Cc1cccc2ccccc12.O=C1OC(=O)c2cc(Br)ccc21.O=C1OC(=O)c2cc(C#Cc3cccc4ccccc34)ccc21. The van der Waals surface area contributed by atoms with E-state index in [-0.39, 0.29) is 5.56 Å². The van der Waals surface area contributed by atoms with Crippen LogP contribution in [-0.4, -0.2) is 23.9 Å². The summed E-state index contributed by atoms with van der Waals surface area (Å²) in [5, 5.41) is 4.57. The van der Waals surface area contributed by atoms with Crippen molar-refractivity contribution in [2.24, 2.45) is 0 Å². The molecule has 6 aromatic rings. The molecule has 0 amide bonds. The molecule has 0 aromatic heterocycles. The minimum atomic E-state index is -0.612. The summed E-state index contributed by atoms with van der Waals surface area (Å²) in [6.45, 7) is 0. The molecule has 0 N–H and O–H groups in total. The molecule has 0 saturated heterocycles. The van der Waals surface area contributed by atoms with Gasteiger partial charge in [-0.3, -0.25) is 0 Å². The Balaban J connectivity index is 0.000000136. The van der Waals surface area contributed by atoms with Gasteiger partial charge in [-0.1, -0.05) is 106 Å². The van der Waals surface area contributed by atoms with Crippen molar-refractivity contribution in [1.29, 1.82) is 0 Å². The van der Waals surface area contributed by atoms with Crippen molar-refractivity contribution in [2.45, 2.75) is 0 Å². The van der Waals surface area contributed by atoms with Gasteiger partial charge in [-0.2, -0.15) is 0 Å². The number of hydrogen-bond donors (Lipinski definition) is 0. The van der Waals surface area contributed by atoms with Gasteiger partial charge in [0.25, 0.3) is 0 Å². The van der Waals surface area contributed by atoms with Gasteiger partial charge in [-0.05, 0) is 70.1 Å². The summed E-state index contributed by atoms with van der Waals surface area (Å²) in [6.07, 6.45) is 5.37. The molecule has 2 heterocycles. The highest BCUT2D eigenvalue weighted by molar-refractivity contribution is 9.10. The number of carbonyl (C=O) groups is 4. The van der Waals surface area contributed by atoms with Crippen LogP contribution in [0.4, 0.5) is 0 Å². The molecule has 7 heteroatoms. The fraction of sp³-hybridized carbons (Fsp3) is 0. The first kappa shape index (κ1) is 30.7. The molecule has 0 unspecified atom stereocenters. The highest BCUT2D eigenvalue weighted by Crippen LogP contribution is 2.24. The second-order valence-electron chi connectivity index (χ2n) is 10.3. The molecule has 6 aromatic carbocycles. The predicted octanol–water partition coefficient (Wildman–Crippen LogP) is 8.13. The number of carbonyl (C=O) groups excluding carboxylic acids is 4. The van der Waals surface area contributed by atoms with Crippen LogP contribution in [0.25, 0.3) is 21.5 Å². The Labute approximate surface area is 278 Å². The average molecular weight is 678 g/mol. The van der Waals surface area contributed by atoms with Crippen molar-refractivity contribution in [3.63, 3.8) is 0 Å². The topological polar surface area (TPSA) is 86.7 Å². The van der Waals surface area contributed by atoms with Gasteiger partial charge in [-0.15, -0.1) is 6.42 Å². The molecule has 0 fully saturated rings. The fourth-order valence-corrected chi connectivity index (χ4v) is 5.41. The second kappa shape index (κ2) is 13.4. The Morgan fingerprint density at radius 2 is 0.979 bits per heavy atom. The van der Waals surface area contributed by atoms with Crippen LogP contribution in [0.3, 0.4) is 0 Å². The highest BCUT2D eigenvalue weighted by atomic mass is 79.9. The van der Waals surface area contributed by atoms with Crippen molar-refractivity contribution < 1.29 is 28.7 Å². The van der Waals surface area contributed by atoms with E-state index in [1.807, 2.05) is 72.8 Å². The number of hydrogen-bond acceptors (Lipinski definition) is 6. The van der Waals surface area contributed by atoms with Crippen LogP contribution in [0.2, 0.25) is 0 Å². The van der Waals surface area contributed by atoms with Crippen LogP contribution in [0.15, 0.2) is 126 Å². The second-order valence-corrected chi connectivity index (χ2v) is 11.2. The molecule has 47 heavy (non-hydrogen) atoms. The van der Waals surface area contributed by atoms with Crippen molar-refractivity contribution in [3.8, 4) is 24.2 Å². The Kier molecular flexibility index (Phi) is 8.75. The van der Waals surface area contributed by atoms with Crippen LogP contribution >= 0.6 is 15.9 Å². The molecule has 224 valence electrons. The number of fused-ring (bicyclic) bond motifs is 4. The lowest BCUT2D eigenvalue weighted by molar-refractivity contribution is 0.0425. The normalized spacial score (nSPS) is 12.3. The molecule has 0 atom stereocenters. The van der Waals surface area contributed by atoms with Crippen LogP contribution in [-0.2, 0) is 9.47 Å². The third kappa shape index (κ3) is 6.57. The lowest BCUT2D eigenvalue weighted by atomic mass is 10.0. The first-order valence-corrected chi connectivity index (χ1v) is 15.0. The molecular formula is C40H21BrO6. The van der Waals surface area contributed by atoms with Crippen LogP contribution < -0.4 is 0 Å². The lowest BCUT2D eigenvalue weighted by Crippen LogP contribution is -1.96. The first-order valence-electron chi connectivity index (χ1n) is 14.2. The zero-order valence-corrected chi connectivity index (χ0v) is 26.0. The summed E-state index contributed by atoms with van der Waals surface area (Å²) < 4.78 is 9.73. The monoisotopic (exact) mass is 676 g/mol. The van der Waals surface area contributed by atoms with Gasteiger partial charge in [0.1, 0.15) is 0 Å². The van der Waals surface area contributed by atoms with E-state index in [4.69, 9.17) is 6.42 Å². The molecule has 6 nitrogen and oxygen atoms in total. The number of halogens is 1. The van der Waals surface area contributed by atoms with Gasteiger partial charge in [-0.25, -0.2) is 19.2 Å². The van der Waals surface area contributed by atoms with E-state index in [1.54, 1.807) is 36.4 Å². The molecule has 2 aliphatic heterocycles. The number of terminal acetylenes is 1. The van der Waals surface area contributed by atoms with E-state index in [0.29, 0.717) is 22.3 Å². The molecule has 0 saturated carbocycles. The molecule has 0 radical (unpaired) electrons. The van der Waals surface area contributed by atoms with Gasteiger partial charge in [0.15, 0.2) is 0 Å². The number of esters is 4. The molecule has 8 rings (SSSR count). The van der Waals surface area contributed by atoms with Crippen molar-refractivity contribution in [1.82, 2.24) is 0 Å². The fourth-order valence-electron chi connectivity index (χ4n) is 5.05. The standard InChI is InChI=1S/C20H10O3.C12H8.C8H3BrO3/c21-19-17-11-9-13(12-18(17)20(22)23-19)8-10-15-6-3-5-14-4-1-2-7-16(14)15;1-2-10-7-5-8-11-6-3-4-9-12(10)11;9-4-1-2-5-6(3-4)8(11)12-7(5)10/h1-7,9,11-12H;1,3-9H;1-3H. The number of cyclic esters (lactones) is 4. The average Bonchev–Trinajstić information content (AvgIpc) is 3.55. The Morgan fingerprint density at radius 3 is 1.60 bits per heavy atom. The minimum absolute atomic E-state index is 0.278. The van der Waals surface area contributed by atoms with Crippen molar-refractivity contribution >= 4 is 61.4 Å². The summed E-state index contributed by atoms with van der Waals surface area (Å²) in [5.41, 5.74) is 3.79. The summed E-state index contributed by atoms with van der Waals surface area (Å²) in [4.78, 5) is 44.9. The minimum Gasteiger partial charge on any atom is -0.386 e. The Bertz CT molecular complexity index is 2360. The van der Waals surface area contributed by atoms with Gasteiger partial charge in [0.2, 0.25) is 0 Å². The summed E-state index contributed by atoms with van der Waals surface area (Å²) in [6, 6.07) is 37.9. The smallest absolute Gasteiger partial charge is 0.346 e. The van der Waals surface area contributed by atoms with E-state index in [9.17, 15) is 19.2 Å². The van der Waals surface area contributed by atoms with E-state index >= 15 is 0 Å². The molecule has 0 spiro atoms. The predicted molar refractivity (Wildman–Crippen MR) is 182 cm³/mol. The first-order chi connectivity index (χ1) is 22.8. The Morgan fingerprint density at radius 1 is 0.489 bits per heavy atom. The Hall–Kier alpha value is -6.28. The van der Waals surface area contributed by atoms with Crippen LogP contribution in [0.5, 0.6) is 0 Å². The quantitative estimate of drug-likeness (QED) is 0.0917. The number of rotatable bonds is 0. The van der Waals surface area contributed by atoms with E-state index < -0.39 is 23.9 Å². The van der Waals surface area contributed by atoms with Gasteiger partial charge < -0.3 is 9.47 Å². The van der Waals surface area contributed by atoms with Gasteiger partial charge in [0.05, 0.1) is 22.3 Å². The van der Waals surface area contributed by atoms with E-state index in [1.165, 1.54) is 5.39 Å². The molecular weight excluding hydrogens is 656 g/mol. The highest BCUT2D eigenvalue weighted by Gasteiger charge is 2.30. The van der Waals surface area contributed by atoms with E-state index in [0.717, 1.165) is 31.8 Å². The molecule has 2 aliphatic rings. The third-order valence-electron chi connectivity index (χ3n) is 7.33. The van der Waals surface area contributed by atoms with Crippen LogP contribution in [0.1, 0.15) is 58.1 Å². The third-order valence-corrected chi connectivity index (χ3v) is 7.82. The summed E-state index contributed by atoms with van der Waals surface area (Å²) in [5.74, 6) is 6.50. The zero-order chi connectivity index (χ0) is 32.9. The number of benzene rings is 6. The summed E-state index contributed by atoms with van der Waals surface area (Å²) in [7, 11) is 0. The van der Waals surface area contributed by atoms with Crippen molar-refractivity contribution in [3.05, 3.63) is 165 Å². The maximum absolute atomic E-state index is 11.6. The van der Waals surface area contributed by atoms with Gasteiger partial charge in [0, 0.05) is 21.2 Å².